The molecule has 130 valence electrons. The van der Waals surface area contributed by atoms with Crippen LogP contribution in [0.4, 0.5) is 0 Å². The first kappa shape index (κ1) is 16.0. The van der Waals surface area contributed by atoms with Crippen LogP contribution in [0.25, 0.3) is 11.6 Å². The largest absolute Gasteiger partial charge is 0.461 e. The Kier molecular flexibility index (Phi) is 3.93. The van der Waals surface area contributed by atoms with E-state index >= 15 is 0 Å². The van der Waals surface area contributed by atoms with Gasteiger partial charge in [-0.3, -0.25) is 0 Å². The fourth-order valence-electron chi connectivity index (χ4n) is 2.83. The van der Waals surface area contributed by atoms with Crippen molar-refractivity contribution in [2.75, 3.05) is 13.1 Å². The highest BCUT2D eigenvalue weighted by molar-refractivity contribution is 7.88. The van der Waals surface area contributed by atoms with Gasteiger partial charge < -0.3 is 8.94 Å². The minimum Gasteiger partial charge on any atom is -0.461 e. The van der Waals surface area contributed by atoms with Gasteiger partial charge in [0.25, 0.3) is 0 Å². The predicted molar refractivity (Wildman–Crippen MR) is 90.1 cm³/mol. The molecule has 0 spiro atoms. The standard InChI is InChI=1S/C17H17N3O4S/c1-12-4-2-5-13(8-12)11-25(21,22)20-9-14(10-20)17-18-16(19-24-17)15-6-3-7-23-15/h2-8,14H,9-11H2,1H3. The SMILES string of the molecule is Cc1cccc(CS(=O)(=O)N2CC(c3nc(-c4ccco4)no3)C2)c1. The Hall–Kier alpha value is -2.45. The van der Waals surface area contributed by atoms with Crippen LogP contribution in [0.15, 0.2) is 51.6 Å². The molecule has 1 fully saturated rings. The topological polar surface area (TPSA) is 89.4 Å². The molecular weight excluding hydrogens is 342 g/mol. The Labute approximate surface area is 145 Å². The van der Waals surface area contributed by atoms with Crippen LogP contribution in [0.5, 0.6) is 0 Å². The highest BCUT2D eigenvalue weighted by atomic mass is 32.2. The van der Waals surface area contributed by atoms with Gasteiger partial charge in [-0.25, -0.2) is 8.42 Å². The second-order valence-corrected chi connectivity index (χ2v) is 8.16. The van der Waals surface area contributed by atoms with Gasteiger partial charge >= 0.3 is 0 Å². The summed E-state index contributed by atoms with van der Waals surface area (Å²) in [7, 11) is -3.35. The molecule has 0 unspecified atom stereocenters. The molecule has 1 aromatic carbocycles. The summed E-state index contributed by atoms with van der Waals surface area (Å²) in [5.74, 6) is 1.26. The lowest BCUT2D eigenvalue weighted by Gasteiger charge is -2.35. The van der Waals surface area contributed by atoms with E-state index < -0.39 is 10.0 Å². The molecule has 4 rings (SSSR count). The molecule has 7 nitrogen and oxygen atoms in total. The van der Waals surface area contributed by atoms with Gasteiger partial charge in [0.05, 0.1) is 17.9 Å². The Bertz CT molecular complexity index is 973. The lowest BCUT2D eigenvalue weighted by Crippen LogP contribution is -2.48. The van der Waals surface area contributed by atoms with Crippen LogP contribution in [0.2, 0.25) is 0 Å². The van der Waals surface area contributed by atoms with E-state index in [0.29, 0.717) is 30.6 Å². The number of hydrogen-bond donors (Lipinski definition) is 0. The van der Waals surface area contributed by atoms with Crippen LogP contribution in [-0.2, 0) is 15.8 Å². The summed E-state index contributed by atoms with van der Waals surface area (Å²) in [5, 5.41) is 3.88. The van der Waals surface area contributed by atoms with Crippen LogP contribution in [0, 0.1) is 6.92 Å². The summed E-state index contributed by atoms with van der Waals surface area (Å²) >= 11 is 0. The number of rotatable bonds is 5. The number of nitrogens with zero attached hydrogens (tertiary/aromatic N) is 3. The van der Waals surface area contributed by atoms with Crippen molar-refractivity contribution in [1.29, 1.82) is 0 Å². The van der Waals surface area contributed by atoms with E-state index in [1.807, 2.05) is 31.2 Å². The van der Waals surface area contributed by atoms with E-state index in [9.17, 15) is 8.42 Å². The monoisotopic (exact) mass is 359 g/mol. The van der Waals surface area contributed by atoms with E-state index in [2.05, 4.69) is 10.1 Å². The lowest BCUT2D eigenvalue weighted by atomic mass is 10.0. The maximum absolute atomic E-state index is 12.5. The van der Waals surface area contributed by atoms with Gasteiger partial charge in [0, 0.05) is 13.1 Å². The third kappa shape index (κ3) is 3.22. The van der Waals surface area contributed by atoms with Crippen LogP contribution < -0.4 is 0 Å². The number of furan rings is 1. The molecule has 0 bridgehead atoms. The maximum Gasteiger partial charge on any atom is 0.238 e. The fourth-order valence-corrected chi connectivity index (χ4v) is 4.43. The van der Waals surface area contributed by atoms with E-state index in [1.54, 1.807) is 12.1 Å². The van der Waals surface area contributed by atoms with Gasteiger partial charge in [-0.05, 0) is 24.6 Å². The van der Waals surface area contributed by atoms with Gasteiger partial charge in [0.1, 0.15) is 0 Å². The summed E-state index contributed by atoms with van der Waals surface area (Å²) < 4.78 is 36.9. The van der Waals surface area contributed by atoms with Gasteiger partial charge in [-0.1, -0.05) is 35.0 Å². The number of aromatic nitrogens is 2. The summed E-state index contributed by atoms with van der Waals surface area (Å²) in [6, 6.07) is 11.0. The smallest absolute Gasteiger partial charge is 0.238 e. The summed E-state index contributed by atoms with van der Waals surface area (Å²) in [6.07, 6.45) is 1.54. The first-order valence-corrected chi connectivity index (χ1v) is 9.53. The van der Waals surface area contributed by atoms with Crippen molar-refractivity contribution in [2.45, 2.75) is 18.6 Å². The van der Waals surface area contributed by atoms with Gasteiger partial charge in [-0.2, -0.15) is 9.29 Å². The van der Waals surface area contributed by atoms with Crippen LogP contribution in [-0.4, -0.2) is 36.0 Å². The Morgan fingerprint density at radius 3 is 2.80 bits per heavy atom. The second kappa shape index (κ2) is 6.12. The van der Waals surface area contributed by atoms with Crippen molar-refractivity contribution < 1.29 is 17.4 Å². The van der Waals surface area contributed by atoms with E-state index in [-0.39, 0.29) is 11.7 Å². The zero-order chi connectivity index (χ0) is 17.4. The predicted octanol–water partition coefficient (Wildman–Crippen LogP) is 2.57. The molecule has 8 heteroatoms. The van der Waals surface area contributed by atoms with Crippen molar-refractivity contribution in [3.63, 3.8) is 0 Å². The fraction of sp³-hybridized carbons (Fsp3) is 0.294. The molecule has 3 heterocycles. The minimum absolute atomic E-state index is 0.00286. The van der Waals surface area contributed by atoms with Crippen LogP contribution >= 0.6 is 0 Å². The maximum atomic E-state index is 12.5. The first-order valence-electron chi connectivity index (χ1n) is 7.92. The minimum atomic E-state index is -3.35. The molecule has 2 aromatic heterocycles. The molecule has 1 aliphatic rings. The first-order chi connectivity index (χ1) is 12.0. The van der Waals surface area contributed by atoms with Crippen molar-refractivity contribution in [3.8, 4) is 11.6 Å². The Morgan fingerprint density at radius 2 is 2.08 bits per heavy atom. The van der Waals surface area contributed by atoms with Gasteiger partial charge in [0.15, 0.2) is 5.76 Å². The lowest BCUT2D eigenvalue weighted by molar-refractivity contribution is 0.216. The second-order valence-electron chi connectivity index (χ2n) is 6.19. The highest BCUT2D eigenvalue weighted by Gasteiger charge is 2.39. The molecule has 25 heavy (non-hydrogen) atoms. The Morgan fingerprint density at radius 1 is 1.24 bits per heavy atom. The van der Waals surface area contributed by atoms with Crippen molar-refractivity contribution in [2.24, 2.45) is 0 Å². The molecule has 0 radical (unpaired) electrons. The molecule has 0 aliphatic carbocycles. The molecule has 3 aromatic rings. The molecule has 0 amide bonds. The van der Waals surface area contributed by atoms with Crippen LogP contribution in [0.1, 0.15) is 22.9 Å². The summed E-state index contributed by atoms with van der Waals surface area (Å²) in [6.45, 7) is 2.66. The van der Waals surface area contributed by atoms with E-state index in [4.69, 9.17) is 8.94 Å². The molecule has 0 atom stereocenters. The third-order valence-corrected chi connectivity index (χ3v) is 5.99. The van der Waals surface area contributed by atoms with Crippen molar-refractivity contribution >= 4 is 10.0 Å². The van der Waals surface area contributed by atoms with E-state index in [0.717, 1.165) is 11.1 Å². The average Bonchev–Trinajstić information content (AvgIpc) is 3.15. The highest BCUT2D eigenvalue weighted by Crippen LogP contribution is 2.30. The zero-order valence-electron chi connectivity index (χ0n) is 13.6. The van der Waals surface area contributed by atoms with Crippen LogP contribution in [0.3, 0.4) is 0 Å². The van der Waals surface area contributed by atoms with Gasteiger partial charge in [-0.15, -0.1) is 0 Å². The third-order valence-electron chi connectivity index (χ3n) is 4.21. The summed E-state index contributed by atoms with van der Waals surface area (Å²) in [5.41, 5.74) is 1.84. The molecule has 0 N–H and O–H groups in total. The summed E-state index contributed by atoms with van der Waals surface area (Å²) in [4.78, 5) is 4.29. The molecule has 1 aliphatic heterocycles. The molecule has 1 saturated heterocycles. The van der Waals surface area contributed by atoms with Crippen molar-refractivity contribution in [1.82, 2.24) is 14.4 Å². The number of aryl methyl sites for hydroxylation is 1. The molecule has 0 saturated carbocycles. The molecular formula is C17H17N3O4S. The quantitative estimate of drug-likeness (QED) is 0.695. The van der Waals surface area contributed by atoms with Crippen molar-refractivity contribution in [3.05, 3.63) is 59.7 Å². The Balaban J connectivity index is 1.41. The number of sulfonamides is 1. The van der Waals surface area contributed by atoms with Gasteiger partial charge in [0.2, 0.25) is 21.7 Å². The number of hydrogen-bond acceptors (Lipinski definition) is 6. The zero-order valence-corrected chi connectivity index (χ0v) is 14.4. The average molecular weight is 359 g/mol. The van der Waals surface area contributed by atoms with E-state index in [1.165, 1.54) is 10.6 Å². The normalized spacial score (nSPS) is 16.0. The number of benzene rings is 1.